The maximum Gasteiger partial charge on any atom is 0.123 e. The fraction of sp³-hybridized carbons (Fsp3) is 0.0847. The molecule has 3 aliphatic rings. The lowest BCUT2D eigenvalue weighted by Crippen LogP contribution is -2.16. The zero-order valence-electron chi connectivity index (χ0n) is 71.0. The second-order valence-electron chi connectivity index (χ2n) is 35.0. The third-order valence-electron chi connectivity index (χ3n) is 26.7. The molecule has 3 aromatic heterocycles. The highest BCUT2D eigenvalue weighted by Gasteiger charge is 2.39. The normalized spacial score (nSPS) is 13.3. The van der Waals surface area contributed by atoms with Gasteiger partial charge in [0.15, 0.2) is 0 Å². The number of benzene rings is 18. The minimum absolute atomic E-state index is 0.0582. The number of fused-ring (bicyclic) bond motifs is 18. The van der Waals surface area contributed by atoms with E-state index in [0.29, 0.717) is 0 Å². The third-order valence-corrected chi connectivity index (χ3v) is 26.7. The summed E-state index contributed by atoms with van der Waals surface area (Å²) in [6.07, 6.45) is 0. The van der Waals surface area contributed by atoms with Gasteiger partial charge in [0.2, 0.25) is 0 Å². The van der Waals surface area contributed by atoms with Crippen LogP contribution in [0.3, 0.4) is 0 Å². The van der Waals surface area contributed by atoms with Crippen LogP contribution in [0.15, 0.2) is 425 Å². The van der Waals surface area contributed by atoms with Crippen LogP contribution in [0.4, 0.5) is 55.6 Å². The van der Waals surface area contributed by atoms with E-state index in [2.05, 4.69) is 471 Å². The van der Waals surface area contributed by atoms with Crippen LogP contribution < -0.4 is 14.7 Å². The molecule has 0 aliphatic heterocycles. The summed E-state index contributed by atoms with van der Waals surface area (Å²) in [5, 5.41) is 7.38. The van der Waals surface area contributed by atoms with Crippen molar-refractivity contribution in [2.75, 3.05) is 14.7 Å². The first-order chi connectivity index (χ1) is 61.1. The van der Waals surface area contributed by atoms with Crippen molar-refractivity contribution in [3.05, 3.63) is 469 Å². The number of hydrogen-bond acceptors (Lipinski definition) is 3. The van der Waals surface area contributed by atoms with Crippen LogP contribution in [0.5, 0.6) is 0 Å². The lowest BCUT2D eigenvalue weighted by Gasteiger charge is -2.28. The standard InChI is InChI=1S/C40H32N2.C39H29FN2.C39H30N2/c1-27-17-19-29(20-18-27)41(31-21-23-33-32-13-7-9-15-36(32)40(2,3)37(33)26-31)30-22-24-39-35(25-30)34-14-8-10-16-38(34)42(39)28-11-5-4-6-12-28;1-39(2)35-14-8-6-12-31(35)32-22-20-30(25-36(32)39)41(28-18-16-26(40)17-19-28)29-21-23-38-34(24-29)33-13-7-9-15-37(33)42(38)27-10-4-3-5-11-27;1-39(2)35-19-11-9-17-31(35)32-23-21-30(26-36(32)39)40(27-13-5-3-6-14-27)29-22-24-38-34(25-29)33-18-10-12-20-37(33)41(38)28-15-7-4-8-16-28/h4-26H,1-3H3;3-25H,1-2H3;3-26H,1-2H3. The Morgan fingerprint density at radius 3 is 0.752 bits per heavy atom. The number of anilines is 9. The summed E-state index contributed by atoms with van der Waals surface area (Å²) >= 11 is 0. The van der Waals surface area contributed by atoms with Gasteiger partial charge in [0.1, 0.15) is 5.82 Å². The SMILES string of the molecule is CC1(C)c2ccccc2-c2ccc(N(c3ccc(F)cc3)c3ccc4c(c3)c3ccccc3n4-c3ccccc3)cc21.CC1(C)c2ccccc2-c2ccc(N(c3ccccc3)c3ccc4c(c3)c3ccccc3n4-c3ccccc3)cc21.Cc1ccc(N(c2ccc3c(c2)C(C)(C)c2ccccc2-3)c2ccc3c(c2)c2ccccc2n3-c2ccccc2)cc1. The van der Waals surface area contributed by atoms with Crippen molar-refractivity contribution in [2.24, 2.45) is 0 Å². The van der Waals surface area contributed by atoms with Crippen LogP contribution in [-0.4, -0.2) is 13.7 Å². The van der Waals surface area contributed by atoms with E-state index in [9.17, 15) is 4.39 Å². The number of halogens is 1. The molecule has 0 saturated heterocycles. The topological polar surface area (TPSA) is 24.5 Å². The molecule has 600 valence electrons. The molecule has 3 aliphatic carbocycles. The van der Waals surface area contributed by atoms with E-state index in [4.69, 9.17) is 0 Å². The summed E-state index contributed by atoms with van der Waals surface area (Å²) in [5.41, 5.74) is 37.7. The van der Waals surface area contributed by atoms with E-state index in [1.54, 1.807) is 0 Å². The highest BCUT2D eigenvalue weighted by molar-refractivity contribution is 6.14. The van der Waals surface area contributed by atoms with Crippen molar-refractivity contribution < 1.29 is 4.39 Å². The lowest BCUT2D eigenvalue weighted by molar-refractivity contribution is 0.628. The van der Waals surface area contributed by atoms with E-state index in [1.165, 1.54) is 167 Å². The first kappa shape index (κ1) is 75.9. The Morgan fingerprint density at radius 2 is 0.424 bits per heavy atom. The van der Waals surface area contributed by atoms with Gasteiger partial charge in [0, 0.05) is 117 Å². The Morgan fingerprint density at radius 1 is 0.192 bits per heavy atom. The van der Waals surface area contributed by atoms with Gasteiger partial charge in [-0.2, -0.15) is 0 Å². The maximum atomic E-state index is 14.1. The van der Waals surface area contributed by atoms with Crippen molar-refractivity contribution in [3.8, 4) is 50.4 Å². The predicted molar refractivity (Wildman–Crippen MR) is 524 cm³/mol. The van der Waals surface area contributed by atoms with E-state index in [-0.39, 0.29) is 22.1 Å². The van der Waals surface area contributed by atoms with E-state index in [1.807, 2.05) is 18.2 Å². The molecule has 0 amide bonds. The maximum absolute atomic E-state index is 14.1. The zero-order chi connectivity index (χ0) is 84.4. The number of rotatable bonds is 12. The van der Waals surface area contributed by atoms with Crippen LogP contribution in [0.25, 0.3) is 116 Å². The minimum Gasteiger partial charge on any atom is -0.310 e. The molecule has 0 spiro atoms. The summed E-state index contributed by atoms with van der Waals surface area (Å²) < 4.78 is 21.2. The quantitative estimate of drug-likeness (QED) is 0.122. The number of aromatic nitrogens is 3. The fourth-order valence-electron chi connectivity index (χ4n) is 20.6. The van der Waals surface area contributed by atoms with E-state index in [0.717, 1.165) is 51.0 Å². The molecule has 0 atom stereocenters. The Balaban J connectivity index is 0.000000111. The van der Waals surface area contributed by atoms with Crippen LogP contribution in [-0.2, 0) is 16.2 Å². The molecule has 125 heavy (non-hydrogen) atoms. The summed E-state index contributed by atoms with van der Waals surface area (Å²) in [4.78, 5) is 7.05. The first-order valence-electron chi connectivity index (χ1n) is 43.4. The average Bonchev–Trinajstić information content (AvgIpc) is 1.58. The minimum atomic E-state index is -0.245. The van der Waals surface area contributed by atoms with Gasteiger partial charge in [-0.1, -0.05) is 278 Å². The molecule has 6 nitrogen and oxygen atoms in total. The smallest absolute Gasteiger partial charge is 0.123 e. The summed E-state index contributed by atoms with van der Waals surface area (Å²) in [5.74, 6) is -0.245. The largest absolute Gasteiger partial charge is 0.310 e. The van der Waals surface area contributed by atoms with Gasteiger partial charge < -0.3 is 28.4 Å². The Hall–Kier alpha value is -15.3. The molecule has 0 radical (unpaired) electrons. The fourth-order valence-corrected chi connectivity index (χ4v) is 20.6. The number of nitrogens with zero attached hydrogens (tertiary/aromatic N) is 6. The number of para-hydroxylation sites is 7. The summed E-state index contributed by atoms with van der Waals surface area (Å²) in [6, 6.07) is 152. The monoisotopic (exact) mass is 1610 g/mol. The Labute approximate surface area is 729 Å². The van der Waals surface area contributed by atoms with Crippen LogP contribution >= 0.6 is 0 Å². The van der Waals surface area contributed by atoms with Gasteiger partial charge in [0.25, 0.3) is 0 Å². The van der Waals surface area contributed by atoms with Crippen molar-refractivity contribution in [1.82, 2.24) is 13.7 Å². The Kier molecular flexibility index (Phi) is 18.3. The molecular weight excluding hydrogens is 1520 g/mol. The summed E-state index contributed by atoms with van der Waals surface area (Å²) in [7, 11) is 0. The molecule has 0 saturated carbocycles. The van der Waals surface area contributed by atoms with Crippen molar-refractivity contribution in [1.29, 1.82) is 0 Å². The third kappa shape index (κ3) is 12.7. The molecule has 24 rings (SSSR count). The molecule has 7 heteroatoms. The van der Waals surface area contributed by atoms with Gasteiger partial charge in [-0.05, 0) is 268 Å². The van der Waals surface area contributed by atoms with Crippen LogP contribution in [0.1, 0.15) is 80.5 Å². The van der Waals surface area contributed by atoms with Crippen LogP contribution in [0, 0.1) is 12.7 Å². The molecule has 3 heterocycles. The van der Waals surface area contributed by atoms with Gasteiger partial charge in [-0.3, -0.25) is 0 Å². The van der Waals surface area contributed by atoms with Crippen molar-refractivity contribution >= 4 is 117 Å². The molecule has 21 aromatic rings. The zero-order valence-corrected chi connectivity index (χ0v) is 71.0. The summed E-state index contributed by atoms with van der Waals surface area (Å²) in [6.45, 7) is 16.1. The van der Waals surface area contributed by atoms with Crippen molar-refractivity contribution in [2.45, 2.75) is 64.7 Å². The second kappa shape index (κ2) is 30.1. The molecule has 0 unspecified atom stereocenters. The van der Waals surface area contributed by atoms with E-state index >= 15 is 0 Å². The van der Waals surface area contributed by atoms with Gasteiger partial charge in [0.05, 0.1) is 33.1 Å². The number of hydrogen-bond donors (Lipinski definition) is 0. The van der Waals surface area contributed by atoms with Gasteiger partial charge >= 0.3 is 0 Å². The molecule has 0 N–H and O–H groups in total. The first-order valence-corrected chi connectivity index (χ1v) is 43.4. The molecule has 0 bridgehead atoms. The lowest BCUT2D eigenvalue weighted by atomic mass is 9.82. The average molecular weight is 1610 g/mol. The molecule has 0 fully saturated rings. The van der Waals surface area contributed by atoms with Gasteiger partial charge in [-0.15, -0.1) is 0 Å². The number of aryl methyl sites for hydroxylation is 1. The molecule has 18 aromatic carbocycles. The highest BCUT2D eigenvalue weighted by atomic mass is 19.1. The van der Waals surface area contributed by atoms with Crippen molar-refractivity contribution in [3.63, 3.8) is 0 Å². The van der Waals surface area contributed by atoms with Gasteiger partial charge in [-0.25, -0.2) is 4.39 Å². The Bertz CT molecular complexity index is 7460. The predicted octanol–water partition coefficient (Wildman–Crippen LogP) is 32.1. The molecular formula is C118H91FN6. The second-order valence-corrected chi connectivity index (χ2v) is 35.0. The van der Waals surface area contributed by atoms with E-state index < -0.39 is 0 Å². The highest BCUT2D eigenvalue weighted by Crippen LogP contribution is 2.55. The van der Waals surface area contributed by atoms with Crippen LogP contribution in [0.2, 0.25) is 0 Å².